The van der Waals surface area contributed by atoms with Crippen LogP contribution in [0.4, 0.5) is 0 Å². The molecule has 1 aliphatic rings. The molecule has 1 aromatic rings. The molecular weight excluding hydrogens is 210 g/mol. The van der Waals surface area contributed by atoms with Crippen LogP contribution in [0.5, 0.6) is 11.5 Å². The molecule has 0 fully saturated rings. The lowest BCUT2D eigenvalue weighted by Gasteiger charge is -2.10. The van der Waals surface area contributed by atoms with E-state index in [1.165, 1.54) is 0 Å². The second-order valence-corrected chi connectivity index (χ2v) is 4.52. The predicted molar refractivity (Wildman–Crippen MR) is 62.7 cm³/mol. The second kappa shape index (κ2) is 4.77. The van der Waals surface area contributed by atoms with Crippen molar-refractivity contribution in [2.24, 2.45) is 0 Å². The number of thioether (sulfide) groups is 1. The van der Waals surface area contributed by atoms with Gasteiger partial charge >= 0.3 is 0 Å². The quantitative estimate of drug-likeness (QED) is 0.766. The molecule has 0 spiro atoms. The van der Waals surface area contributed by atoms with Gasteiger partial charge in [-0.1, -0.05) is 0 Å². The van der Waals surface area contributed by atoms with Crippen LogP contribution >= 0.6 is 11.8 Å². The van der Waals surface area contributed by atoms with Crippen LogP contribution in [0, 0.1) is 0 Å². The van der Waals surface area contributed by atoms with Crippen molar-refractivity contribution in [1.82, 2.24) is 5.32 Å². The first-order valence-corrected chi connectivity index (χ1v) is 6.38. The monoisotopic (exact) mass is 225 g/mol. The third-order valence-electron chi connectivity index (χ3n) is 2.47. The number of fused-ring (bicyclic) bond motifs is 1. The Labute approximate surface area is 93.8 Å². The zero-order valence-electron chi connectivity index (χ0n) is 8.69. The Morgan fingerprint density at radius 1 is 1.60 bits per heavy atom. The molecule has 0 amide bonds. The van der Waals surface area contributed by atoms with E-state index in [0.29, 0.717) is 6.61 Å². The van der Waals surface area contributed by atoms with Crippen molar-refractivity contribution in [3.8, 4) is 11.5 Å². The Morgan fingerprint density at radius 2 is 2.47 bits per heavy atom. The Hall–Kier alpha value is -0.870. The van der Waals surface area contributed by atoms with E-state index in [2.05, 4.69) is 11.6 Å². The van der Waals surface area contributed by atoms with Gasteiger partial charge < -0.3 is 15.2 Å². The van der Waals surface area contributed by atoms with Gasteiger partial charge in [0.1, 0.15) is 18.1 Å². The summed E-state index contributed by atoms with van der Waals surface area (Å²) in [5, 5.41) is 12.7. The van der Waals surface area contributed by atoms with E-state index in [-0.39, 0.29) is 11.8 Å². The molecule has 15 heavy (non-hydrogen) atoms. The van der Waals surface area contributed by atoms with E-state index in [9.17, 15) is 5.11 Å². The van der Waals surface area contributed by atoms with Crippen LogP contribution in [0.15, 0.2) is 18.2 Å². The third-order valence-corrected chi connectivity index (χ3v) is 3.09. The minimum absolute atomic E-state index is 0.263. The molecule has 1 aromatic carbocycles. The molecule has 1 aliphatic heterocycles. The molecule has 2 N–H and O–H groups in total. The fourth-order valence-electron chi connectivity index (χ4n) is 1.70. The molecule has 0 radical (unpaired) electrons. The zero-order chi connectivity index (χ0) is 10.7. The minimum Gasteiger partial charge on any atom is -0.508 e. The molecule has 0 aromatic heterocycles. The fourth-order valence-corrected chi connectivity index (χ4v) is 2.02. The summed E-state index contributed by atoms with van der Waals surface area (Å²) >= 11 is 1.83. The highest BCUT2D eigenvalue weighted by atomic mass is 32.2. The van der Waals surface area contributed by atoms with Crippen LogP contribution in [0.1, 0.15) is 11.6 Å². The lowest BCUT2D eigenvalue weighted by molar-refractivity contribution is 0.312. The third kappa shape index (κ3) is 2.38. The lowest BCUT2D eigenvalue weighted by atomic mass is 10.1. The van der Waals surface area contributed by atoms with Gasteiger partial charge in [0.05, 0.1) is 6.04 Å². The van der Waals surface area contributed by atoms with Crippen molar-refractivity contribution >= 4 is 11.8 Å². The number of rotatable bonds is 4. The molecule has 2 rings (SSSR count). The van der Waals surface area contributed by atoms with Gasteiger partial charge in [0.15, 0.2) is 0 Å². The number of aromatic hydroxyl groups is 1. The van der Waals surface area contributed by atoms with E-state index >= 15 is 0 Å². The van der Waals surface area contributed by atoms with Gasteiger partial charge in [-0.05, 0) is 18.4 Å². The highest BCUT2D eigenvalue weighted by Crippen LogP contribution is 2.34. The summed E-state index contributed by atoms with van der Waals surface area (Å²) in [6.07, 6.45) is 2.10. The van der Waals surface area contributed by atoms with E-state index < -0.39 is 0 Å². The summed E-state index contributed by atoms with van der Waals surface area (Å²) in [4.78, 5) is 0. The largest absolute Gasteiger partial charge is 0.508 e. The molecule has 1 heterocycles. The van der Waals surface area contributed by atoms with E-state index in [1.54, 1.807) is 12.1 Å². The Balaban J connectivity index is 2.02. The summed E-state index contributed by atoms with van der Waals surface area (Å²) in [5.74, 6) is 2.17. The second-order valence-electron chi connectivity index (χ2n) is 3.53. The SMILES string of the molecule is CSCCNC1COc2cc(O)ccc21. The summed E-state index contributed by atoms with van der Waals surface area (Å²) in [6.45, 7) is 1.64. The van der Waals surface area contributed by atoms with Crippen molar-refractivity contribution in [2.45, 2.75) is 6.04 Å². The van der Waals surface area contributed by atoms with Crippen molar-refractivity contribution < 1.29 is 9.84 Å². The molecule has 0 aliphatic carbocycles. The smallest absolute Gasteiger partial charge is 0.127 e. The molecule has 4 heteroatoms. The van der Waals surface area contributed by atoms with Crippen molar-refractivity contribution in [3.05, 3.63) is 23.8 Å². The van der Waals surface area contributed by atoms with Gasteiger partial charge in [-0.25, -0.2) is 0 Å². The number of ether oxygens (including phenoxy) is 1. The van der Waals surface area contributed by atoms with E-state index in [0.717, 1.165) is 23.6 Å². The zero-order valence-corrected chi connectivity index (χ0v) is 9.51. The first-order chi connectivity index (χ1) is 7.31. The topological polar surface area (TPSA) is 41.5 Å². The molecule has 0 bridgehead atoms. The predicted octanol–water partition coefficient (Wildman–Crippen LogP) is 1.78. The van der Waals surface area contributed by atoms with Crippen LogP contribution < -0.4 is 10.1 Å². The van der Waals surface area contributed by atoms with Crippen LogP contribution in [0.25, 0.3) is 0 Å². The highest BCUT2D eigenvalue weighted by Gasteiger charge is 2.23. The molecule has 0 saturated heterocycles. The molecule has 0 saturated carbocycles. The van der Waals surface area contributed by atoms with Crippen LogP contribution in [0.3, 0.4) is 0 Å². The van der Waals surface area contributed by atoms with Crippen molar-refractivity contribution in [3.63, 3.8) is 0 Å². The van der Waals surface area contributed by atoms with E-state index in [4.69, 9.17) is 4.74 Å². The van der Waals surface area contributed by atoms with Crippen LogP contribution in [-0.2, 0) is 0 Å². The van der Waals surface area contributed by atoms with Gasteiger partial charge in [-0.15, -0.1) is 0 Å². The number of hydrogen-bond donors (Lipinski definition) is 2. The number of phenolic OH excluding ortho intramolecular Hbond substituents is 1. The first kappa shape index (κ1) is 10.6. The van der Waals surface area contributed by atoms with Crippen molar-refractivity contribution in [2.75, 3.05) is 25.2 Å². The average molecular weight is 225 g/mol. The maximum atomic E-state index is 9.29. The van der Waals surface area contributed by atoms with Crippen LogP contribution in [0.2, 0.25) is 0 Å². The van der Waals surface area contributed by atoms with Crippen LogP contribution in [-0.4, -0.2) is 30.3 Å². The van der Waals surface area contributed by atoms with Gasteiger partial charge in [0.25, 0.3) is 0 Å². The Morgan fingerprint density at radius 3 is 3.27 bits per heavy atom. The Bertz CT molecular complexity index is 343. The Kier molecular flexibility index (Phi) is 3.38. The number of nitrogens with one attached hydrogen (secondary N) is 1. The van der Waals surface area contributed by atoms with Gasteiger partial charge in [-0.3, -0.25) is 0 Å². The molecule has 1 unspecified atom stereocenters. The van der Waals surface area contributed by atoms with Gasteiger partial charge in [0, 0.05) is 23.9 Å². The highest BCUT2D eigenvalue weighted by molar-refractivity contribution is 7.98. The summed E-state index contributed by atoms with van der Waals surface area (Å²) in [5.41, 5.74) is 1.15. The molecule has 3 nitrogen and oxygen atoms in total. The maximum Gasteiger partial charge on any atom is 0.127 e. The minimum atomic E-state index is 0.263. The van der Waals surface area contributed by atoms with Gasteiger partial charge in [-0.2, -0.15) is 11.8 Å². The summed E-state index contributed by atoms with van der Waals surface area (Å²) in [6, 6.07) is 5.57. The molecular formula is C11H15NO2S. The normalized spacial score (nSPS) is 18.6. The standard InChI is InChI=1S/C11H15NO2S/c1-15-5-4-12-10-7-14-11-6-8(13)2-3-9(10)11/h2-3,6,10,12-13H,4-5,7H2,1H3. The van der Waals surface area contributed by atoms with Gasteiger partial charge in [0.2, 0.25) is 0 Å². The lowest BCUT2D eigenvalue weighted by Crippen LogP contribution is -2.24. The molecule has 1 atom stereocenters. The first-order valence-electron chi connectivity index (χ1n) is 4.99. The number of hydrogen-bond acceptors (Lipinski definition) is 4. The number of benzene rings is 1. The van der Waals surface area contributed by atoms with E-state index in [1.807, 2.05) is 17.8 Å². The summed E-state index contributed by atoms with van der Waals surface area (Å²) in [7, 11) is 0. The molecule has 82 valence electrons. The summed E-state index contributed by atoms with van der Waals surface area (Å²) < 4.78 is 5.49. The fraction of sp³-hybridized carbons (Fsp3) is 0.455. The average Bonchev–Trinajstić information content (AvgIpc) is 2.61. The number of phenols is 1. The van der Waals surface area contributed by atoms with Crippen molar-refractivity contribution in [1.29, 1.82) is 0 Å². The maximum absolute atomic E-state index is 9.29.